The molecule has 0 fully saturated rings. The molecule has 112 valence electrons. The highest BCUT2D eigenvalue weighted by Crippen LogP contribution is 2.15. The van der Waals surface area contributed by atoms with Crippen LogP contribution in [0.5, 0.6) is 0 Å². The fraction of sp³-hybridized carbons (Fsp3) is 0.769. The Labute approximate surface area is 119 Å². The average molecular weight is 281 g/mol. The van der Waals surface area contributed by atoms with E-state index in [2.05, 4.69) is 14.8 Å². The van der Waals surface area contributed by atoms with E-state index in [1.54, 1.807) is 0 Å². The van der Waals surface area contributed by atoms with Gasteiger partial charge < -0.3 is 14.6 Å². The predicted octanol–water partition coefficient (Wildman–Crippen LogP) is 0.0626. The standard InChI is InChI=1S/C13H23N5O2/c1-16(2)7-8-17(10-13(19)20)9-12-15-14-11-5-3-4-6-18(11)12/h3-10H2,1-2H3,(H,19,20). The SMILES string of the molecule is CN(C)CCN(CC(=O)O)Cc1nnc2n1CCCC2. The van der Waals surface area contributed by atoms with Crippen molar-refractivity contribution in [1.82, 2.24) is 24.6 Å². The quantitative estimate of drug-likeness (QED) is 0.762. The Morgan fingerprint density at radius 1 is 1.30 bits per heavy atom. The van der Waals surface area contributed by atoms with Crippen LogP contribution in [0.2, 0.25) is 0 Å². The first kappa shape index (κ1) is 14.9. The zero-order valence-electron chi connectivity index (χ0n) is 12.2. The molecule has 2 heterocycles. The lowest BCUT2D eigenvalue weighted by molar-refractivity contribution is -0.138. The maximum absolute atomic E-state index is 11.0. The summed E-state index contributed by atoms with van der Waals surface area (Å²) in [5, 5.41) is 17.5. The molecular formula is C13H23N5O2. The van der Waals surface area contributed by atoms with Gasteiger partial charge in [0.25, 0.3) is 0 Å². The zero-order chi connectivity index (χ0) is 14.5. The van der Waals surface area contributed by atoms with E-state index < -0.39 is 5.97 Å². The van der Waals surface area contributed by atoms with Crippen molar-refractivity contribution in [2.75, 3.05) is 33.7 Å². The predicted molar refractivity (Wildman–Crippen MR) is 74.4 cm³/mol. The second kappa shape index (κ2) is 6.81. The molecule has 0 amide bonds. The van der Waals surface area contributed by atoms with Gasteiger partial charge in [0.05, 0.1) is 13.1 Å². The molecule has 7 heteroatoms. The lowest BCUT2D eigenvalue weighted by Crippen LogP contribution is -2.36. The molecule has 0 saturated carbocycles. The van der Waals surface area contributed by atoms with Crippen molar-refractivity contribution in [2.24, 2.45) is 0 Å². The Morgan fingerprint density at radius 3 is 2.80 bits per heavy atom. The minimum Gasteiger partial charge on any atom is -0.480 e. The van der Waals surface area contributed by atoms with E-state index >= 15 is 0 Å². The summed E-state index contributed by atoms with van der Waals surface area (Å²) < 4.78 is 2.15. The maximum Gasteiger partial charge on any atom is 0.317 e. The molecule has 7 nitrogen and oxygen atoms in total. The van der Waals surface area contributed by atoms with Crippen LogP contribution in [0.15, 0.2) is 0 Å². The lowest BCUT2D eigenvalue weighted by Gasteiger charge is -2.23. The molecule has 1 aliphatic heterocycles. The first-order chi connectivity index (χ1) is 9.56. The van der Waals surface area contributed by atoms with Crippen LogP contribution in [0, 0.1) is 0 Å². The van der Waals surface area contributed by atoms with Crippen molar-refractivity contribution >= 4 is 5.97 Å². The van der Waals surface area contributed by atoms with Crippen LogP contribution in [0.3, 0.4) is 0 Å². The minimum atomic E-state index is -0.804. The maximum atomic E-state index is 11.0. The number of carboxylic acid groups (broad SMARTS) is 1. The second-order valence-corrected chi connectivity index (χ2v) is 5.55. The van der Waals surface area contributed by atoms with Crippen molar-refractivity contribution in [2.45, 2.75) is 32.4 Å². The van der Waals surface area contributed by atoms with Gasteiger partial charge >= 0.3 is 5.97 Å². The van der Waals surface area contributed by atoms with Gasteiger partial charge in [-0.2, -0.15) is 0 Å². The highest BCUT2D eigenvalue weighted by Gasteiger charge is 2.19. The van der Waals surface area contributed by atoms with Gasteiger partial charge in [-0.15, -0.1) is 10.2 Å². The summed E-state index contributed by atoms with van der Waals surface area (Å²) in [4.78, 5) is 14.9. The van der Waals surface area contributed by atoms with E-state index in [4.69, 9.17) is 5.11 Å². The normalized spacial score (nSPS) is 14.8. The Morgan fingerprint density at radius 2 is 2.10 bits per heavy atom. The lowest BCUT2D eigenvalue weighted by atomic mass is 10.1. The summed E-state index contributed by atoms with van der Waals surface area (Å²) in [7, 11) is 3.97. The highest BCUT2D eigenvalue weighted by molar-refractivity contribution is 5.69. The smallest absolute Gasteiger partial charge is 0.317 e. The van der Waals surface area contributed by atoms with Crippen molar-refractivity contribution in [3.63, 3.8) is 0 Å². The minimum absolute atomic E-state index is 0.0377. The monoisotopic (exact) mass is 281 g/mol. The summed E-state index contributed by atoms with van der Waals surface area (Å²) in [6, 6.07) is 0. The van der Waals surface area contributed by atoms with E-state index in [1.807, 2.05) is 23.9 Å². The average Bonchev–Trinajstić information content (AvgIpc) is 2.79. The van der Waals surface area contributed by atoms with Gasteiger partial charge in [0.2, 0.25) is 0 Å². The fourth-order valence-electron chi connectivity index (χ4n) is 2.43. The van der Waals surface area contributed by atoms with E-state index in [0.29, 0.717) is 13.1 Å². The van der Waals surface area contributed by atoms with Crippen LogP contribution >= 0.6 is 0 Å². The van der Waals surface area contributed by atoms with Crippen LogP contribution in [-0.2, 0) is 24.3 Å². The number of carboxylic acids is 1. The molecule has 0 radical (unpaired) electrons. The Balaban J connectivity index is 2.02. The van der Waals surface area contributed by atoms with Gasteiger partial charge in [0.1, 0.15) is 11.6 Å². The van der Waals surface area contributed by atoms with Gasteiger partial charge in [-0.1, -0.05) is 0 Å². The largest absolute Gasteiger partial charge is 0.480 e. The second-order valence-electron chi connectivity index (χ2n) is 5.55. The number of rotatable bonds is 7. The summed E-state index contributed by atoms with van der Waals surface area (Å²) in [5.41, 5.74) is 0. The van der Waals surface area contributed by atoms with E-state index in [9.17, 15) is 4.79 Å². The van der Waals surface area contributed by atoms with Gasteiger partial charge in [0, 0.05) is 26.1 Å². The van der Waals surface area contributed by atoms with Crippen molar-refractivity contribution < 1.29 is 9.90 Å². The third kappa shape index (κ3) is 4.01. The number of likely N-dealkylation sites (N-methyl/N-ethyl adjacent to an activating group) is 1. The van der Waals surface area contributed by atoms with Crippen LogP contribution in [-0.4, -0.2) is 69.4 Å². The highest BCUT2D eigenvalue weighted by atomic mass is 16.4. The molecule has 0 bridgehead atoms. The number of carbonyl (C=O) groups is 1. The Bertz CT molecular complexity index is 458. The molecule has 1 aromatic rings. The van der Waals surface area contributed by atoms with Crippen molar-refractivity contribution in [1.29, 1.82) is 0 Å². The van der Waals surface area contributed by atoms with Gasteiger partial charge in [-0.3, -0.25) is 9.69 Å². The van der Waals surface area contributed by atoms with E-state index in [0.717, 1.165) is 44.0 Å². The summed E-state index contributed by atoms with van der Waals surface area (Å²) in [6.45, 7) is 3.07. The molecule has 0 unspecified atom stereocenters. The van der Waals surface area contributed by atoms with Crippen molar-refractivity contribution in [3.8, 4) is 0 Å². The molecule has 0 spiro atoms. The first-order valence-electron chi connectivity index (χ1n) is 7.06. The third-order valence-corrected chi connectivity index (χ3v) is 3.52. The molecule has 1 aliphatic rings. The molecule has 1 aromatic heterocycles. The fourth-order valence-corrected chi connectivity index (χ4v) is 2.43. The number of nitrogens with zero attached hydrogens (tertiary/aromatic N) is 5. The number of aryl methyl sites for hydroxylation is 1. The number of hydrogen-bond acceptors (Lipinski definition) is 5. The topological polar surface area (TPSA) is 74.5 Å². The molecule has 20 heavy (non-hydrogen) atoms. The number of fused-ring (bicyclic) bond motifs is 1. The summed E-state index contributed by atoms with van der Waals surface area (Å²) in [5.74, 6) is 1.12. The molecule has 0 atom stereocenters. The third-order valence-electron chi connectivity index (χ3n) is 3.52. The van der Waals surface area contributed by atoms with Crippen LogP contribution in [0.4, 0.5) is 0 Å². The van der Waals surface area contributed by atoms with Gasteiger partial charge in [-0.05, 0) is 26.9 Å². The molecule has 0 aliphatic carbocycles. The Hall–Kier alpha value is -1.47. The van der Waals surface area contributed by atoms with Gasteiger partial charge in [0.15, 0.2) is 0 Å². The first-order valence-corrected chi connectivity index (χ1v) is 7.06. The summed E-state index contributed by atoms with van der Waals surface area (Å²) >= 11 is 0. The van der Waals surface area contributed by atoms with Crippen molar-refractivity contribution in [3.05, 3.63) is 11.6 Å². The molecular weight excluding hydrogens is 258 g/mol. The Kier molecular flexibility index (Phi) is 5.08. The van der Waals surface area contributed by atoms with Gasteiger partial charge in [-0.25, -0.2) is 0 Å². The van der Waals surface area contributed by atoms with Crippen LogP contribution < -0.4 is 0 Å². The molecule has 0 saturated heterocycles. The number of aromatic nitrogens is 3. The van der Waals surface area contributed by atoms with Crippen LogP contribution in [0.25, 0.3) is 0 Å². The number of aliphatic carboxylic acids is 1. The molecule has 1 N–H and O–H groups in total. The molecule has 0 aromatic carbocycles. The van der Waals surface area contributed by atoms with E-state index in [-0.39, 0.29) is 6.54 Å². The zero-order valence-corrected chi connectivity index (χ0v) is 12.2. The van der Waals surface area contributed by atoms with Crippen LogP contribution in [0.1, 0.15) is 24.5 Å². The van der Waals surface area contributed by atoms with E-state index in [1.165, 1.54) is 0 Å². The summed E-state index contributed by atoms with van der Waals surface area (Å²) in [6.07, 6.45) is 3.29. The number of hydrogen-bond donors (Lipinski definition) is 1. The molecule has 2 rings (SSSR count).